The molecular weight excluding hydrogens is 340 g/mol. The molecule has 0 bridgehead atoms. The SMILES string of the molecule is [CH2-]C(C)c1[c-]cc(C(C)(C)C)cc1.[W+2]. The predicted octanol–water partition coefficient (Wildman–Crippen LogP) is 3.72. The Morgan fingerprint density at radius 1 is 1.29 bits per heavy atom. The van der Waals surface area contributed by atoms with Gasteiger partial charge < -0.3 is 6.92 Å². The van der Waals surface area contributed by atoms with Crippen molar-refractivity contribution in [1.29, 1.82) is 0 Å². The van der Waals surface area contributed by atoms with E-state index in [9.17, 15) is 0 Å². The van der Waals surface area contributed by atoms with Crippen molar-refractivity contribution in [2.75, 3.05) is 0 Å². The van der Waals surface area contributed by atoms with Crippen LogP contribution in [-0.2, 0) is 26.5 Å². The molecule has 1 atom stereocenters. The second-order valence-electron chi connectivity index (χ2n) is 4.68. The third-order valence-electron chi connectivity index (χ3n) is 2.23. The van der Waals surface area contributed by atoms with Crippen LogP contribution in [0.15, 0.2) is 18.2 Å². The topological polar surface area (TPSA) is 0 Å². The first-order chi connectivity index (χ1) is 5.91. The second-order valence-corrected chi connectivity index (χ2v) is 4.68. The van der Waals surface area contributed by atoms with Gasteiger partial charge in [0.15, 0.2) is 0 Å². The van der Waals surface area contributed by atoms with Gasteiger partial charge in [-0.25, -0.2) is 0 Å². The third kappa shape index (κ3) is 3.58. The Kier molecular flexibility index (Phi) is 5.09. The number of benzene rings is 1. The van der Waals surface area contributed by atoms with E-state index in [1.807, 2.05) is 0 Å². The molecule has 0 fully saturated rings. The zero-order chi connectivity index (χ0) is 10.1. The van der Waals surface area contributed by atoms with Gasteiger partial charge in [0, 0.05) is 0 Å². The molecule has 0 N–H and O–H groups in total. The molecule has 1 aromatic rings. The predicted molar refractivity (Wildman–Crippen MR) is 57.8 cm³/mol. The van der Waals surface area contributed by atoms with E-state index in [1.165, 1.54) is 11.1 Å². The van der Waals surface area contributed by atoms with Gasteiger partial charge in [-0.05, 0) is 0 Å². The molecular formula is C13H18W. The minimum Gasteiger partial charge on any atom is -0.338 e. The third-order valence-corrected chi connectivity index (χ3v) is 2.23. The van der Waals surface area contributed by atoms with Crippen LogP contribution in [0.4, 0.5) is 0 Å². The molecule has 0 saturated heterocycles. The Bertz CT molecular complexity index is 264. The Morgan fingerprint density at radius 3 is 2.14 bits per heavy atom. The number of hydrogen-bond donors (Lipinski definition) is 0. The maximum Gasteiger partial charge on any atom is 2.00 e. The summed E-state index contributed by atoms with van der Waals surface area (Å²) in [4.78, 5) is 0. The smallest absolute Gasteiger partial charge is 0.338 e. The van der Waals surface area contributed by atoms with E-state index in [0.29, 0.717) is 5.92 Å². The average Bonchev–Trinajstić information content (AvgIpc) is 2.03. The standard InChI is InChI=1S/C13H18.W/c1-10(2)11-6-8-12(9-7-11)13(3,4)5;/h6,8-10H,1H2,2-5H3;/q-2;+2. The molecule has 1 heteroatoms. The molecule has 0 aromatic heterocycles. The molecule has 0 spiro atoms. The first-order valence-electron chi connectivity index (χ1n) is 4.76. The van der Waals surface area contributed by atoms with Gasteiger partial charge in [0.05, 0.1) is 0 Å². The van der Waals surface area contributed by atoms with Gasteiger partial charge in [-0.2, -0.15) is 41.3 Å². The quantitative estimate of drug-likeness (QED) is 0.672. The van der Waals surface area contributed by atoms with E-state index in [4.69, 9.17) is 0 Å². The van der Waals surface area contributed by atoms with E-state index < -0.39 is 0 Å². The summed E-state index contributed by atoms with van der Waals surface area (Å²) in [6, 6.07) is 9.66. The van der Waals surface area contributed by atoms with Gasteiger partial charge in [0.2, 0.25) is 0 Å². The Balaban J connectivity index is 0.00000169. The maximum atomic E-state index is 3.97. The first-order valence-corrected chi connectivity index (χ1v) is 4.76. The second kappa shape index (κ2) is 5.12. The Hall–Kier alpha value is -0.0917. The summed E-state index contributed by atoms with van der Waals surface area (Å²) < 4.78 is 0. The summed E-state index contributed by atoms with van der Waals surface area (Å²) in [5, 5.41) is 0. The van der Waals surface area contributed by atoms with Gasteiger partial charge in [0.25, 0.3) is 0 Å². The minimum atomic E-state index is 0. The first kappa shape index (κ1) is 13.9. The molecule has 1 unspecified atom stereocenters. The van der Waals surface area contributed by atoms with E-state index >= 15 is 0 Å². The van der Waals surface area contributed by atoms with Crippen molar-refractivity contribution < 1.29 is 21.1 Å². The largest absolute Gasteiger partial charge is 2.00 e. The molecule has 0 aliphatic carbocycles. The van der Waals surface area contributed by atoms with Gasteiger partial charge in [-0.3, -0.25) is 0 Å². The van der Waals surface area contributed by atoms with Crippen LogP contribution < -0.4 is 0 Å². The van der Waals surface area contributed by atoms with Crippen LogP contribution in [0.3, 0.4) is 0 Å². The van der Waals surface area contributed by atoms with Crippen molar-refractivity contribution in [3.8, 4) is 0 Å². The molecule has 0 heterocycles. The van der Waals surface area contributed by atoms with Crippen LogP contribution in [-0.4, -0.2) is 0 Å². The number of hydrogen-bond acceptors (Lipinski definition) is 0. The van der Waals surface area contributed by atoms with Gasteiger partial charge in [-0.15, -0.1) is 0 Å². The van der Waals surface area contributed by atoms with E-state index in [1.54, 1.807) is 0 Å². The summed E-state index contributed by atoms with van der Waals surface area (Å²) in [5.74, 6) is 0.328. The summed E-state index contributed by atoms with van der Waals surface area (Å²) in [7, 11) is 0. The molecule has 0 amide bonds. The van der Waals surface area contributed by atoms with Crippen LogP contribution >= 0.6 is 0 Å². The fraction of sp³-hybridized carbons (Fsp3) is 0.462. The van der Waals surface area contributed by atoms with Gasteiger partial charge >= 0.3 is 21.1 Å². The maximum absolute atomic E-state index is 3.97. The van der Waals surface area contributed by atoms with Crippen LogP contribution in [0.5, 0.6) is 0 Å². The van der Waals surface area contributed by atoms with Crippen LogP contribution in [0.1, 0.15) is 44.7 Å². The van der Waals surface area contributed by atoms with Crippen LogP contribution in [0.25, 0.3) is 0 Å². The minimum absolute atomic E-state index is 0. The molecule has 0 radical (unpaired) electrons. The molecule has 0 saturated carbocycles. The Labute approximate surface area is 102 Å². The molecule has 76 valence electrons. The summed E-state index contributed by atoms with van der Waals surface area (Å²) in [6.45, 7) is 12.7. The average molecular weight is 358 g/mol. The van der Waals surface area contributed by atoms with Crippen molar-refractivity contribution in [3.63, 3.8) is 0 Å². The number of rotatable bonds is 1. The molecule has 0 nitrogen and oxygen atoms in total. The van der Waals surface area contributed by atoms with Crippen molar-refractivity contribution in [3.05, 3.63) is 42.3 Å². The Morgan fingerprint density at radius 2 is 1.86 bits per heavy atom. The van der Waals surface area contributed by atoms with E-state index in [2.05, 4.69) is 58.9 Å². The van der Waals surface area contributed by atoms with Crippen LogP contribution in [0, 0.1) is 13.0 Å². The van der Waals surface area contributed by atoms with Crippen molar-refractivity contribution >= 4 is 0 Å². The zero-order valence-electron chi connectivity index (χ0n) is 9.42. The zero-order valence-corrected chi connectivity index (χ0v) is 12.4. The van der Waals surface area contributed by atoms with E-state index in [0.717, 1.165) is 0 Å². The van der Waals surface area contributed by atoms with Crippen molar-refractivity contribution in [1.82, 2.24) is 0 Å². The summed E-state index contributed by atoms with van der Waals surface area (Å²) in [6.07, 6.45) is 0. The monoisotopic (exact) mass is 358 g/mol. The van der Waals surface area contributed by atoms with Crippen LogP contribution in [0.2, 0.25) is 0 Å². The fourth-order valence-corrected chi connectivity index (χ4v) is 1.21. The molecule has 0 aliphatic heterocycles. The van der Waals surface area contributed by atoms with Gasteiger partial charge in [0.1, 0.15) is 0 Å². The molecule has 1 rings (SSSR count). The summed E-state index contributed by atoms with van der Waals surface area (Å²) >= 11 is 0. The van der Waals surface area contributed by atoms with Gasteiger partial charge in [-0.1, -0.05) is 33.1 Å². The normalized spacial score (nSPS) is 13.2. The van der Waals surface area contributed by atoms with E-state index in [-0.39, 0.29) is 26.5 Å². The fourth-order valence-electron chi connectivity index (χ4n) is 1.21. The molecule has 0 aliphatic rings. The van der Waals surface area contributed by atoms with Crippen molar-refractivity contribution in [2.45, 2.75) is 39.0 Å². The van der Waals surface area contributed by atoms with Crippen molar-refractivity contribution in [2.24, 2.45) is 0 Å². The summed E-state index contributed by atoms with van der Waals surface area (Å²) in [5.41, 5.74) is 2.74. The molecule has 1 aromatic carbocycles. The molecule has 14 heavy (non-hydrogen) atoms.